The van der Waals surface area contributed by atoms with E-state index < -0.39 is 10.8 Å². The zero-order chi connectivity index (χ0) is 11.4. The maximum absolute atomic E-state index is 11.9. The maximum atomic E-state index is 11.9. The minimum absolute atomic E-state index is 0.379. The summed E-state index contributed by atoms with van der Waals surface area (Å²) < 4.78 is 11.9. The van der Waals surface area contributed by atoms with Gasteiger partial charge in [0.1, 0.15) is 0 Å². The molecule has 0 radical (unpaired) electrons. The molecule has 16 heavy (non-hydrogen) atoms. The first-order chi connectivity index (χ1) is 7.75. The minimum atomic E-state index is -1.21. The Labute approximate surface area is 96.3 Å². The summed E-state index contributed by atoms with van der Waals surface area (Å²) in [6, 6.07) is 5.50. The summed E-state index contributed by atoms with van der Waals surface area (Å²) >= 11 is 0. The highest BCUT2D eigenvalue weighted by molar-refractivity contribution is 7.84. The van der Waals surface area contributed by atoms with Gasteiger partial charge < -0.3 is 0 Å². The highest BCUT2D eigenvalue weighted by Gasteiger charge is 2.08. The summed E-state index contributed by atoms with van der Waals surface area (Å²) in [5.41, 5.74) is 1.75. The molecule has 0 saturated carbocycles. The standard InChI is InChI=1S/C11H11N3OS/c1-9-4-6-13-11(14-9)16(15)8-10-3-2-5-12-7-10/h2-7H,8H2,1H3. The maximum Gasteiger partial charge on any atom is 0.218 e. The Bertz CT molecular complexity index is 502. The first-order valence-corrected chi connectivity index (χ1v) is 6.14. The summed E-state index contributed by atoms with van der Waals surface area (Å²) in [6.45, 7) is 1.85. The average Bonchev–Trinajstić information content (AvgIpc) is 2.30. The van der Waals surface area contributed by atoms with Gasteiger partial charge >= 0.3 is 0 Å². The van der Waals surface area contributed by atoms with Gasteiger partial charge in [0.15, 0.2) is 0 Å². The van der Waals surface area contributed by atoms with E-state index in [1.165, 1.54) is 0 Å². The fourth-order valence-corrected chi connectivity index (χ4v) is 2.26. The Morgan fingerprint density at radius 1 is 1.31 bits per heavy atom. The van der Waals surface area contributed by atoms with E-state index in [0.717, 1.165) is 11.3 Å². The van der Waals surface area contributed by atoms with Crippen molar-refractivity contribution in [3.05, 3.63) is 48.0 Å². The molecule has 0 aliphatic carbocycles. The summed E-state index contributed by atoms with van der Waals surface area (Å²) in [7, 11) is -1.21. The van der Waals surface area contributed by atoms with Gasteiger partial charge in [-0.05, 0) is 24.6 Å². The van der Waals surface area contributed by atoms with Crippen molar-refractivity contribution >= 4 is 10.8 Å². The molecule has 0 N–H and O–H groups in total. The molecule has 2 heterocycles. The molecule has 82 valence electrons. The van der Waals surface area contributed by atoms with Crippen LogP contribution >= 0.6 is 0 Å². The Kier molecular flexibility index (Phi) is 3.36. The quantitative estimate of drug-likeness (QED) is 0.754. The molecule has 1 atom stereocenters. The average molecular weight is 233 g/mol. The van der Waals surface area contributed by atoms with Crippen LogP contribution in [-0.2, 0) is 16.6 Å². The molecule has 2 aromatic rings. The van der Waals surface area contributed by atoms with E-state index in [2.05, 4.69) is 15.0 Å². The van der Waals surface area contributed by atoms with E-state index in [1.807, 2.05) is 19.1 Å². The van der Waals surface area contributed by atoms with Crippen molar-refractivity contribution in [3.8, 4) is 0 Å². The van der Waals surface area contributed by atoms with Crippen molar-refractivity contribution in [3.63, 3.8) is 0 Å². The predicted molar refractivity (Wildman–Crippen MR) is 61.1 cm³/mol. The second kappa shape index (κ2) is 4.94. The van der Waals surface area contributed by atoms with Gasteiger partial charge in [-0.1, -0.05) is 6.07 Å². The third-order valence-corrected chi connectivity index (χ3v) is 3.20. The largest absolute Gasteiger partial charge is 0.264 e. The van der Waals surface area contributed by atoms with Crippen LogP contribution in [0.2, 0.25) is 0 Å². The molecule has 0 amide bonds. The molecule has 0 bridgehead atoms. The van der Waals surface area contributed by atoms with Crippen LogP contribution in [0.25, 0.3) is 0 Å². The van der Waals surface area contributed by atoms with E-state index in [4.69, 9.17) is 0 Å². The Hall–Kier alpha value is -1.62. The lowest BCUT2D eigenvalue weighted by Gasteiger charge is -2.01. The van der Waals surface area contributed by atoms with Crippen molar-refractivity contribution in [2.45, 2.75) is 17.8 Å². The predicted octanol–water partition coefficient (Wildman–Crippen LogP) is 1.49. The van der Waals surface area contributed by atoms with E-state index in [9.17, 15) is 4.21 Å². The first kappa shape index (κ1) is 10.9. The zero-order valence-electron chi connectivity index (χ0n) is 8.83. The number of hydrogen-bond acceptors (Lipinski definition) is 4. The summed E-state index contributed by atoms with van der Waals surface area (Å²) in [6.07, 6.45) is 5.02. The van der Waals surface area contributed by atoms with Crippen molar-refractivity contribution in [2.75, 3.05) is 0 Å². The van der Waals surface area contributed by atoms with Crippen molar-refractivity contribution in [1.29, 1.82) is 0 Å². The van der Waals surface area contributed by atoms with Gasteiger partial charge in [0.25, 0.3) is 0 Å². The topological polar surface area (TPSA) is 55.7 Å². The molecule has 0 aliphatic rings. The minimum Gasteiger partial charge on any atom is -0.264 e. The van der Waals surface area contributed by atoms with Crippen LogP contribution in [0.4, 0.5) is 0 Å². The monoisotopic (exact) mass is 233 g/mol. The van der Waals surface area contributed by atoms with Crippen molar-refractivity contribution in [1.82, 2.24) is 15.0 Å². The molecular weight excluding hydrogens is 222 g/mol. The third-order valence-electron chi connectivity index (χ3n) is 2.00. The summed E-state index contributed by atoms with van der Waals surface area (Å²) in [5, 5.41) is 0.379. The fourth-order valence-electron chi connectivity index (χ4n) is 1.24. The highest BCUT2D eigenvalue weighted by Crippen LogP contribution is 2.07. The van der Waals surface area contributed by atoms with Gasteiger partial charge in [-0.25, -0.2) is 9.97 Å². The Balaban J connectivity index is 2.15. The first-order valence-electron chi connectivity index (χ1n) is 4.82. The van der Waals surface area contributed by atoms with E-state index >= 15 is 0 Å². The van der Waals surface area contributed by atoms with Gasteiger partial charge in [0.2, 0.25) is 5.16 Å². The number of hydrogen-bond donors (Lipinski definition) is 0. The lowest BCUT2D eigenvalue weighted by Crippen LogP contribution is -2.02. The zero-order valence-corrected chi connectivity index (χ0v) is 9.65. The molecule has 0 spiro atoms. The number of aryl methyl sites for hydroxylation is 1. The molecule has 1 unspecified atom stereocenters. The van der Waals surface area contributed by atoms with E-state index in [1.54, 1.807) is 24.7 Å². The van der Waals surface area contributed by atoms with Gasteiger partial charge in [0.05, 0.1) is 16.6 Å². The van der Waals surface area contributed by atoms with E-state index in [0.29, 0.717) is 10.9 Å². The van der Waals surface area contributed by atoms with Gasteiger partial charge in [0, 0.05) is 24.3 Å². The van der Waals surface area contributed by atoms with Crippen LogP contribution < -0.4 is 0 Å². The number of nitrogens with zero attached hydrogens (tertiary/aromatic N) is 3. The molecular formula is C11H11N3OS. The number of pyridine rings is 1. The van der Waals surface area contributed by atoms with Gasteiger partial charge in [-0.2, -0.15) is 0 Å². The molecule has 2 rings (SSSR count). The van der Waals surface area contributed by atoms with Crippen LogP contribution in [0.1, 0.15) is 11.3 Å². The summed E-state index contributed by atoms with van der Waals surface area (Å²) in [4.78, 5) is 12.1. The fraction of sp³-hybridized carbons (Fsp3) is 0.182. The van der Waals surface area contributed by atoms with Crippen LogP contribution in [0.5, 0.6) is 0 Å². The smallest absolute Gasteiger partial charge is 0.218 e. The third kappa shape index (κ3) is 2.70. The number of aromatic nitrogens is 3. The van der Waals surface area contributed by atoms with Crippen LogP contribution in [0.15, 0.2) is 41.9 Å². The van der Waals surface area contributed by atoms with Crippen LogP contribution in [-0.4, -0.2) is 19.2 Å². The highest BCUT2D eigenvalue weighted by atomic mass is 32.2. The normalized spacial score (nSPS) is 12.3. The van der Waals surface area contributed by atoms with Crippen molar-refractivity contribution in [2.24, 2.45) is 0 Å². The second-order valence-electron chi connectivity index (χ2n) is 3.33. The molecule has 5 heteroatoms. The second-order valence-corrected chi connectivity index (χ2v) is 4.68. The van der Waals surface area contributed by atoms with Gasteiger partial charge in [-0.15, -0.1) is 0 Å². The molecule has 0 fully saturated rings. The molecule has 0 aromatic carbocycles. The molecule has 2 aromatic heterocycles. The van der Waals surface area contributed by atoms with Crippen LogP contribution in [0.3, 0.4) is 0 Å². The SMILES string of the molecule is Cc1ccnc(S(=O)Cc2cccnc2)n1. The summed E-state index contributed by atoms with van der Waals surface area (Å²) in [5.74, 6) is 0.400. The Morgan fingerprint density at radius 3 is 2.88 bits per heavy atom. The van der Waals surface area contributed by atoms with Crippen molar-refractivity contribution < 1.29 is 4.21 Å². The number of rotatable bonds is 3. The lowest BCUT2D eigenvalue weighted by molar-refractivity contribution is 0.674. The van der Waals surface area contributed by atoms with E-state index in [-0.39, 0.29) is 0 Å². The molecule has 0 saturated heterocycles. The Morgan fingerprint density at radius 2 is 2.19 bits per heavy atom. The molecule has 4 nitrogen and oxygen atoms in total. The molecule has 0 aliphatic heterocycles. The van der Waals surface area contributed by atoms with Crippen LogP contribution in [0, 0.1) is 6.92 Å². The lowest BCUT2D eigenvalue weighted by atomic mass is 10.3. The van der Waals surface area contributed by atoms with Gasteiger partial charge in [-0.3, -0.25) is 9.19 Å².